The van der Waals surface area contributed by atoms with E-state index in [0.29, 0.717) is 11.6 Å². The van der Waals surface area contributed by atoms with Gasteiger partial charge >= 0.3 is 0 Å². The molecule has 2 aromatic carbocycles. The molecule has 2 aromatic rings. The van der Waals surface area contributed by atoms with Crippen molar-refractivity contribution in [1.82, 2.24) is 0 Å². The molecule has 0 radical (unpaired) electrons. The van der Waals surface area contributed by atoms with Crippen molar-refractivity contribution in [3.05, 3.63) is 58.9 Å². The van der Waals surface area contributed by atoms with Crippen molar-refractivity contribution in [2.24, 2.45) is 5.73 Å². The average Bonchev–Trinajstić information content (AvgIpc) is 2.31. The van der Waals surface area contributed by atoms with Crippen LogP contribution in [0.1, 0.15) is 5.56 Å². The zero-order valence-corrected chi connectivity index (χ0v) is 10.6. The minimum atomic E-state index is -0.238. The fourth-order valence-corrected chi connectivity index (χ4v) is 2.64. The van der Waals surface area contributed by atoms with Crippen LogP contribution in [0.5, 0.6) is 0 Å². The van der Waals surface area contributed by atoms with Crippen LogP contribution in [0.15, 0.2) is 52.3 Å². The third-order valence-electron chi connectivity index (χ3n) is 2.27. The molecule has 2 rings (SSSR count). The molecule has 0 aliphatic carbocycles. The maximum atomic E-state index is 13.1. The molecular weight excluding hydrogens is 257 g/mol. The Labute approximate surface area is 109 Å². The van der Waals surface area contributed by atoms with Crippen molar-refractivity contribution in [3.63, 3.8) is 0 Å². The second kappa shape index (κ2) is 5.54. The standard InChI is InChI=1S/C13H11ClFNS/c14-10-4-5-13(9(6-10)8-16)17-12-3-1-2-11(15)7-12/h1-7H,8,16H2. The van der Waals surface area contributed by atoms with Crippen LogP contribution in [-0.2, 0) is 6.54 Å². The molecule has 2 N–H and O–H groups in total. The van der Waals surface area contributed by atoms with Gasteiger partial charge in [-0.05, 0) is 42.0 Å². The van der Waals surface area contributed by atoms with E-state index >= 15 is 0 Å². The van der Waals surface area contributed by atoms with Gasteiger partial charge in [-0.3, -0.25) is 0 Å². The van der Waals surface area contributed by atoms with E-state index in [-0.39, 0.29) is 5.82 Å². The lowest BCUT2D eigenvalue weighted by molar-refractivity contribution is 0.624. The molecule has 88 valence electrons. The number of benzene rings is 2. The smallest absolute Gasteiger partial charge is 0.124 e. The van der Waals surface area contributed by atoms with Crippen LogP contribution < -0.4 is 5.73 Å². The van der Waals surface area contributed by atoms with Crippen molar-refractivity contribution in [2.45, 2.75) is 16.3 Å². The average molecular weight is 268 g/mol. The first kappa shape index (κ1) is 12.4. The third kappa shape index (κ3) is 3.22. The summed E-state index contributed by atoms with van der Waals surface area (Å²) in [6.45, 7) is 0.415. The monoisotopic (exact) mass is 267 g/mol. The number of rotatable bonds is 3. The van der Waals surface area contributed by atoms with E-state index in [1.54, 1.807) is 6.07 Å². The van der Waals surface area contributed by atoms with E-state index in [0.717, 1.165) is 15.4 Å². The highest BCUT2D eigenvalue weighted by Gasteiger charge is 2.05. The Kier molecular flexibility index (Phi) is 4.05. The second-order valence-electron chi connectivity index (χ2n) is 3.52. The van der Waals surface area contributed by atoms with Crippen molar-refractivity contribution in [2.75, 3.05) is 0 Å². The van der Waals surface area contributed by atoms with Gasteiger partial charge in [0.2, 0.25) is 0 Å². The fraction of sp³-hybridized carbons (Fsp3) is 0.0769. The van der Waals surface area contributed by atoms with Crippen LogP contribution >= 0.6 is 23.4 Å². The van der Waals surface area contributed by atoms with Gasteiger partial charge in [-0.25, -0.2) is 4.39 Å². The molecule has 0 bridgehead atoms. The zero-order chi connectivity index (χ0) is 12.3. The molecule has 4 heteroatoms. The summed E-state index contributed by atoms with van der Waals surface area (Å²) in [6.07, 6.45) is 0. The minimum Gasteiger partial charge on any atom is -0.326 e. The molecule has 0 saturated carbocycles. The van der Waals surface area contributed by atoms with E-state index in [1.807, 2.05) is 24.3 Å². The lowest BCUT2D eigenvalue weighted by Gasteiger charge is -2.07. The fourth-order valence-electron chi connectivity index (χ4n) is 1.46. The predicted octanol–water partition coefficient (Wildman–Crippen LogP) is 4.09. The topological polar surface area (TPSA) is 26.0 Å². The summed E-state index contributed by atoms with van der Waals surface area (Å²) in [7, 11) is 0. The van der Waals surface area contributed by atoms with Gasteiger partial charge in [-0.15, -0.1) is 0 Å². The van der Waals surface area contributed by atoms with E-state index < -0.39 is 0 Å². The van der Waals surface area contributed by atoms with E-state index in [9.17, 15) is 4.39 Å². The van der Waals surface area contributed by atoms with Crippen molar-refractivity contribution in [3.8, 4) is 0 Å². The molecule has 0 amide bonds. The first-order valence-corrected chi connectivity index (χ1v) is 6.30. The SMILES string of the molecule is NCc1cc(Cl)ccc1Sc1cccc(F)c1. The van der Waals surface area contributed by atoms with Crippen molar-refractivity contribution >= 4 is 23.4 Å². The molecule has 0 heterocycles. The number of nitrogens with two attached hydrogens (primary N) is 1. The van der Waals surface area contributed by atoms with E-state index in [1.165, 1.54) is 23.9 Å². The summed E-state index contributed by atoms with van der Waals surface area (Å²) in [6, 6.07) is 12.0. The van der Waals surface area contributed by atoms with Gasteiger partial charge in [0.05, 0.1) is 0 Å². The Morgan fingerprint density at radius 3 is 2.71 bits per heavy atom. The number of hydrogen-bond acceptors (Lipinski definition) is 2. The summed E-state index contributed by atoms with van der Waals surface area (Å²) in [5.74, 6) is -0.238. The first-order valence-electron chi connectivity index (χ1n) is 5.11. The maximum Gasteiger partial charge on any atom is 0.124 e. The maximum absolute atomic E-state index is 13.1. The number of hydrogen-bond donors (Lipinski definition) is 1. The van der Waals surface area contributed by atoms with Gasteiger partial charge in [0.25, 0.3) is 0 Å². The molecule has 1 nitrogen and oxygen atoms in total. The van der Waals surface area contributed by atoms with Crippen LogP contribution in [0, 0.1) is 5.82 Å². The van der Waals surface area contributed by atoms with E-state index in [2.05, 4.69) is 0 Å². The Balaban J connectivity index is 2.29. The molecule has 0 aliphatic heterocycles. The van der Waals surface area contributed by atoms with Gasteiger partial charge in [0.1, 0.15) is 5.82 Å². The lowest BCUT2D eigenvalue weighted by atomic mass is 10.2. The van der Waals surface area contributed by atoms with Crippen molar-refractivity contribution < 1.29 is 4.39 Å². The number of halogens is 2. The molecular formula is C13H11ClFNS. The summed E-state index contributed by atoms with van der Waals surface area (Å²) in [4.78, 5) is 1.85. The van der Waals surface area contributed by atoms with Gasteiger partial charge in [-0.1, -0.05) is 29.4 Å². The Hall–Kier alpha value is -1.03. The summed E-state index contributed by atoms with van der Waals surface area (Å²) in [5, 5.41) is 0.661. The Morgan fingerprint density at radius 2 is 2.00 bits per heavy atom. The molecule has 0 unspecified atom stereocenters. The largest absolute Gasteiger partial charge is 0.326 e. The quantitative estimate of drug-likeness (QED) is 0.906. The van der Waals surface area contributed by atoms with Gasteiger partial charge in [-0.2, -0.15) is 0 Å². The van der Waals surface area contributed by atoms with Crippen LogP contribution in [0.4, 0.5) is 4.39 Å². The van der Waals surface area contributed by atoms with E-state index in [4.69, 9.17) is 17.3 Å². The highest BCUT2D eigenvalue weighted by atomic mass is 35.5. The Bertz CT molecular complexity index is 531. The van der Waals surface area contributed by atoms with Gasteiger partial charge < -0.3 is 5.73 Å². The van der Waals surface area contributed by atoms with Crippen LogP contribution in [0.25, 0.3) is 0 Å². The van der Waals surface area contributed by atoms with Gasteiger partial charge in [0, 0.05) is 21.4 Å². The molecule has 17 heavy (non-hydrogen) atoms. The molecule has 0 fully saturated rings. The third-order valence-corrected chi connectivity index (χ3v) is 3.61. The lowest BCUT2D eigenvalue weighted by Crippen LogP contribution is -1.98. The minimum absolute atomic E-state index is 0.238. The molecule has 0 aromatic heterocycles. The summed E-state index contributed by atoms with van der Waals surface area (Å²) >= 11 is 7.38. The second-order valence-corrected chi connectivity index (χ2v) is 5.07. The van der Waals surface area contributed by atoms with Crippen LogP contribution in [0.2, 0.25) is 5.02 Å². The van der Waals surface area contributed by atoms with Crippen LogP contribution in [-0.4, -0.2) is 0 Å². The Morgan fingerprint density at radius 1 is 1.18 bits per heavy atom. The van der Waals surface area contributed by atoms with Gasteiger partial charge in [0.15, 0.2) is 0 Å². The summed E-state index contributed by atoms with van der Waals surface area (Å²) in [5.41, 5.74) is 6.62. The summed E-state index contributed by atoms with van der Waals surface area (Å²) < 4.78 is 13.1. The highest BCUT2D eigenvalue weighted by molar-refractivity contribution is 7.99. The normalized spacial score (nSPS) is 10.5. The first-order chi connectivity index (χ1) is 8.19. The van der Waals surface area contributed by atoms with Crippen molar-refractivity contribution in [1.29, 1.82) is 0 Å². The molecule has 0 aliphatic rings. The molecule has 0 atom stereocenters. The zero-order valence-electron chi connectivity index (χ0n) is 8.99. The highest BCUT2D eigenvalue weighted by Crippen LogP contribution is 2.32. The molecule has 0 spiro atoms. The predicted molar refractivity (Wildman–Crippen MR) is 69.9 cm³/mol. The molecule has 0 saturated heterocycles. The van der Waals surface area contributed by atoms with Crippen LogP contribution in [0.3, 0.4) is 0 Å².